The fourth-order valence-electron chi connectivity index (χ4n) is 2.64. The number of thiazole rings is 1. The zero-order valence-electron chi connectivity index (χ0n) is 9.69. The summed E-state index contributed by atoms with van der Waals surface area (Å²) in [5, 5.41) is 10.4. The first-order valence-corrected chi connectivity index (χ1v) is 6.48. The molecular weight excluding hydrogens is 222 g/mol. The summed E-state index contributed by atoms with van der Waals surface area (Å²) in [6.45, 7) is 4.10. The molecular formula is C12H17NO2S. The highest BCUT2D eigenvalue weighted by molar-refractivity contribution is 7.11. The van der Waals surface area contributed by atoms with Crippen LogP contribution in [0.25, 0.3) is 0 Å². The first kappa shape index (κ1) is 11.6. The van der Waals surface area contributed by atoms with Gasteiger partial charge in [-0.15, -0.1) is 11.3 Å². The minimum atomic E-state index is -0.636. The molecule has 2 rings (SSSR count). The van der Waals surface area contributed by atoms with E-state index in [1.165, 1.54) is 0 Å². The summed E-state index contributed by atoms with van der Waals surface area (Å²) in [6, 6.07) is 0. The van der Waals surface area contributed by atoms with E-state index in [2.05, 4.69) is 11.9 Å². The van der Waals surface area contributed by atoms with Crippen molar-refractivity contribution >= 4 is 17.3 Å². The number of nitrogens with zero attached hydrogens (tertiary/aromatic N) is 1. The third kappa shape index (κ3) is 2.12. The summed E-state index contributed by atoms with van der Waals surface area (Å²) in [7, 11) is 0. The number of aromatic nitrogens is 1. The van der Waals surface area contributed by atoms with Crippen molar-refractivity contribution in [3.05, 3.63) is 16.1 Å². The van der Waals surface area contributed by atoms with Gasteiger partial charge in [-0.05, 0) is 38.5 Å². The Morgan fingerprint density at radius 2 is 2.50 bits per heavy atom. The van der Waals surface area contributed by atoms with Crippen LogP contribution in [-0.2, 0) is 11.2 Å². The fourth-order valence-corrected chi connectivity index (χ4v) is 3.58. The molecule has 1 aliphatic carbocycles. The minimum Gasteiger partial charge on any atom is -0.481 e. The van der Waals surface area contributed by atoms with E-state index in [1.807, 2.05) is 13.1 Å². The number of rotatable bonds is 3. The van der Waals surface area contributed by atoms with Crippen molar-refractivity contribution < 1.29 is 9.90 Å². The van der Waals surface area contributed by atoms with Crippen LogP contribution in [-0.4, -0.2) is 16.1 Å². The second kappa shape index (κ2) is 4.17. The zero-order chi connectivity index (χ0) is 11.8. The van der Waals surface area contributed by atoms with Crippen LogP contribution in [0.1, 0.15) is 36.1 Å². The van der Waals surface area contributed by atoms with Gasteiger partial charge in [0, 0.05) is 11.1 Å². The lowest BCUT2D eigenvalue weighted by Gasteiger charge is -2.23. The molecule has 1 aromatic heterocycles. The highest BCUT2D eigenvalue weighted by atomic mass is 32.1. The van der Waals surface area contributed by atoms with Gasteiger partial charge in [-0.1, -0.05) is 6.92 Å². The number of aryl methyl sites for hydroxylation is 1. The molecule has 3 nitrogen and oxygen atoms in total. The van der Waals surface area contributed by atoms with Gasteiger partial charge in [-0.3, -0.25) is 4.79 Å². The zero-order valence-corrected chi connectivity index (χ0v) is 10.5. The van der Waals surface area contributed by atoms with Crippen LogP contribution in [0.15, 0.2) is 6.20 Å². The molecule has 0 aliphatic heterocycles. The number of aliphatic carboxylic acids is 1. The molecule has 0 amide bonds. The normalized spacial score (nSPS) is 29.5. The van der Waals surface area contributed by atoms with Gasteiger partial charge in [0.2, 0.25) is 0 Å². The third-order valence-corrected chi connectivity index (χ3v) is 4.40. The van der Waals surface area contributed by atoms with Crippen LogP contribution in [0.5, 0.6) is 0 Å². The molecule has 2 atom stereocenters. The maximum absolute atomic E-state index is 11.5. The number of carboxylic acids is 1. The average molecular weight is 239 g/mol. The van der Waals surface area contributed by atoms with Crippen molar-refractivity contribution in [1.29, 1.82) is 0 Å². The molecule has 4 heteroatoms. The van der Waals surface area contributed by atoms with Crippen molar-refractivity contribution in [3.8, 4) is 0 Å². The van der Waals surface area contributed by atoms with Crippen LogP contribution in [0.4, 0.5) is 0 Å². The molecule has 88 valence electrons. The standard InChI is InChI=1S/C12H17NO2S/c1-8-3-4-12(5-8,11(14)15)6-10-7-13-9(2)16-10/h7-8H,3-6H2,1-2H3,(H,14,15). The Balaban J connectivity index is 2.18. The maximum Gasteiger partial charge on any atom is 0.310 e. The van der Waals surface area contributed by atoms with Crippen LogP contribution in [0.2, 0.25) is 0 Å². The minimum absolute atomic E-state index is 0.529. The van der Waals surface area contributed by atoms with Gasteiger partial charge in [0.1, 0.15) is 0 Å². The second-order valence-corrected chi connectivity index (χ2v) is 6.28. The van der Waals surface area contributed by atoms with E-state index in [0.717, 1.165) is 29.1 Å². The molecule has 0 radical (unpaired) electrons. The van der Waals surface area contributed by atoms with E-state index >= 15 is 0 Å². The van der Waals surface area contributed by atoms with Crippen LogP contribution in [0, 0.1) is 18.3 Å². The molecule has 1 N–H and O–H groups in total. The highest BCUT2D eigenvalue weighted by Gasteiger charge is 2.44. The monoisotopic (exact) mass is 239 g/mol. The molecule has 0 spiro atoms. The van der Waals surface area contributed by atoms with Crippen molar-refractivity contribution in [1.82, 2.24) is 4.98 Å². The van der Waals surface area contributed by atoms with E-state index in [1.54, 1.807) is 11.3 Å². The van der Waals surface area contributed by atoms with Gasteiger partial charge in [0.25, 0.3) is 0 Å². The Bertz CT molecular complexity index is 401. The number of hydrogen-bond acceptors (Lipinski definition) is 3. The molecule has 0 saturated heterocycles. The van der Waals surface area contributed by atoms with Gasteiger partial charge in [-0.25, -0.2) is 4.98 Å². The predicted octanol–water partition coefficient (Wildman–Crippen LogP) is 2.89. The van der Waals surface area contributed by atoms with Gasteiger partial charge >= 0.3 is 5.97 Å². The molecule has 1 fully saturated rings. The molecule has 16 heavy (non-hydrogen) atoms. The number of carbonyl (C=O) groups is 1. The SMILES string of the molecule is Cc1ncc(CC2(C(=O)O)CCC(C)C2)s1. The smallest absolute Gasteiger partial charge is 0.310 e. The van der Waals surface area contributed by atoms with Crippen molar-refractivity contribution in [2.45, 2.75) is 39.5 Å². The molecule has 0 bridgehead atoms. The Labute approximate surface area is 99.5 Å². The third-order valence-electron chi connectivity index (χ3n) is 3.49. The number of hydrogen-bond donors (Lipinski definition) is 1. The second-order valence-electron chi connectivity index (χ2n) is 4.96. The van der Waals surface area contributed by atoms with E-state index < -0.39 is 11.4 Å². The van der Waals surface area contributed by atoms with E-state index in [4.69, 9.17) is 0 Å². The predicted molar refractivity (Wildman–Crippen MR) is 63.6 cm³/mol. The summed E-state index contributed by atoms with van der Waals surface area (Å²) in [6.07, 6.45) is 5.12. The van der Waals surface area contributed by atoms with Gasteiger partial charge < -0.3 is 5.11 Å². The highest BCUT2D eigenvalue weighted by Crippen LogP contribution is 2.44. The molecule has 2 unspecified atom stereocenters. The van der Waals surface area contributed by atoms with Crippen molar-refractivity contribution in [3.63, 3.8) is 0 Å². The molecule has 1 heterocycles. The fraction of sp³-hybridized carbons (Fsp3) is 0.667. The lowest BCUT2D eigenvalue weighted by atomic mass is 9.81. The summed E-state index contributed by atoms with van der Waals surface area (Å²) < 4.78 is 0. The summed E-state index contributed by atoms with van der Waals surface area (Å²) in [5.74, 6) is -0.104. The average Bonchev–Trinajstić information content (AvgIpc) is 2.75. The van der Waals surface area contributed by atoms with Gasteiger partial charge in [-0.2, -0.15) is 0 Å². The topological polar surface area (TPSA) is 50.2 Å². The van der Waals surface area contributed by atoms with Gasteiger partial charge in [0.15, 0.2) is 0 Å². The van der Waals surface area contributed by atoms with Crippen LogP contribution >= 0.6 is 11.3 Å². The first-order chi connectivity index (χ1) is 7.52. The van der Waals surface area contributed by atoms with Crippen LogP contribution < -0.4 is 0 Å². The largest absolute Gasteiger partial charge is 0.481 e. The van der Waals surface area contributed by atoms with Crippen molar-refractivity contribution in [2.75, 3.05) is 0 Å². The number of carboxylic acid groups (broad SMARTS) is 1. The quantitative estimate of drug-likeness (QED) is 0.882. The molecule has 1 saturated carbocycles. The lowest BCUT2D eigenvalue weighted by Crippen LogP contribution is -2.30. The van der Waals surface area contributed by atoms with E-state index in [9.17, 15) is 9.90 Å². The molecule has 0 aromatic carbocycles. The Morgan fingerprint density at radius 3 is 2.94 bits per heavy atom. The molecule has 1 aliphatic rings. The Kier molecular flexibility index (Phi) is 3.02. The lowest BCUT2D eigenvalue weighted by molar-refractivity contribution is -0.148. The Hall–Kier alpha value is -0.900. The maximum atomic E-state index is 11.5. The van der Waals surface area contributed by atoms with Crippen molar-refractivity contribution in [2.24, 2.45) is 11.3 Å². The Morgan fingerprint density at radius 1 is 1.75 bits per heavy atom. The van der Waals surface area contributed by atoms with E-state index in [-0.39, 0.29) is 0 Å². The van der Waals surface area contributed by atoms with Gasteiger partial charge in [0.05, 0.1) is 10.4 Å². The first-order valence-electron chi connectivity index (χ1n) is 5.66. The molecule has 1 aromatic rings. The summed E-state index contributed by atoms with van der Waals surface area (Å²) >= 11 is 1.62. The van der Waals surface area contributed by atoms with E-state index in [0.29, 0.717) is 12.3 Å². The van der Waals surface area contributed by atoms with Crippen LogP contribution in [0.3, 0.4) is 0 Å². The summed E-state index contributed by atoms with van der Waals surface area (Å²) in [4.78, 5) is 16.8. The summed E-state index contributed by atoms with van der Waals surface area (Å²) in [5.41, 5.74) is -0.529.